The van der Waals surface area contributed by atoms with Gasteiger partial charge in [0.05, 0.1) is 11.6 Å². The first-order chi connectivity index (χ1) is 18.6. The molecule has 2 atom stereocenters. The second kappa shape index (κ2) is 12.9. The molecule has 1 saturated heterocycles. The van der Waals surface area contributed by atoms with E-state index in [4.69, 9.17) is 4.74 Å². The molecule has 4 N–H and O–H groups in total. The van der Waals surface area contributed by atoms with Gasteiger partial charge in [0.25, 0.3) is 5.91 Å². The maximum atomic E-state index is 14.1. The van der Waals surface area contributed by atoms with Gasteiger partial charge in [-0.2, -0.15) is 0 Å². The van der Waals surface area contributed by atoms with Gasteiger partial charge < -0.3 is 25.6 Å². The number of aryl methyl sites for hydroxylation is 2. The number of hydrogen-bond acceptors (Lipinski definition) is 7. The molecule has 0 aromatic heterocycles. The number of phenolic OH excluding ortho intramolecular Hbond substituents is 2. The van der Waals surface area contributed by atoms with Gasteiger partial charge in [0.2, 0.25) is 0 Å². The first-order valence-electron chi connectivity index (χ1n) is 12.4. The highest BCUT2D eigenvalue weighted by Gasteiger charge is 2.30. The fourth-order valence-electron chi connectivity index (χ4n) is 4.51. The van der Waals surface area contributed by atoms with Gasteiger partial charge in [-0.05, 0) is 80.8 Å². The molecule has 1 amide bonds. The molecule has 212 valence electrons. The Morgan fingerprint density at radius 3 is 2.23 bits per heavy atom. The quantitative estimate of drug-likeness (QED) is 0.255. The van der Waals surface area contributed by atoms with E-state index in [1.54, 1.807) is 26.0 Å². The van der Waals surface area contributed by atoms with Gasteiger partial charge in [0.1, 0.15) is 23.2 Å². The van der Waals surface area contributed by atoms with Gasteiger partial charge >= 0.3 is 5.97 Å². The van der Waals surface area contributed by atoms with E-state index in [1.165, 1.54) is 24.3 Å². The molecule has 3 aromatic rings. The summed E-state index contributed by atoms with van der Waals surface area (Å²) in [6.45, 7) is 4.45. The van der Waals surface area contributed by atoms with Crippen molar-refractivity contribution in [2.45, 2.75) is 38.8 Å². The van der Waals surface area contributed by atoms with Crippen LogP contribution in [0.5, 0.6) is 11.5 Å². The number of esters is 1. The number of hydrogen-bond donors (Lipinski definition) is 4. The summed E-state index contributed by atoms with van der Waals surface area (Å²) in [5, 5.41) is 26.0. The van der Waals surface area contributed by atoms with Crippen LogP contribution in [-0.4, -0.2) is 53.1 Å². The lowest BCUT2D eigenvalue weighted by Gasteiger charge is -2.26. The molecule has 1 fully saturated rings. The van der Waals surface area contributed by atoms with E-state index in [2.05, 4.69) is 10.6 Å². The molecule has 0 saturated carbocycles. The second-order valence-electron chi connectivity index (χ2n) is 9.49. The number of rotatable bonds is 6. The summed E-state index contributed by atoms with van der Waals surface area (Å²) in [4.78, 5) is 38.6. The van der Waals surface area contributed by atoms with Gasteiger partial charge in [-0.15, -0.1) is 12.4 Å². The van der Waals surface area contributed by atoms with Crippen molar-refractivity contribution >= 4 is 30.1 Å². The highest BCUT2D eigenvalue weighted by molar-refractivity contribution is 6.11. The Morgan fingerprint density at radius 1 is 0.950 bits per heavy atom. The van der Waals surface area contributed by atoms with E-state index in [0.717, 1.165) is 6.07 Å². The number of halogens is 3. The third kappa shape index (κ3) is 6.57. The Balaban J connectivity index is 0.00000441. The van der Waals surface area contributed by atoms with Crippen LogP contribution < -0.4 is 10.6 Å². The van der Waals surface area contributed by atoms with Gasteiger partial charge in [-0.3, -0.25) is 9.59 Å². The number of carbonyl (C=O) groups is 3. The van der Waals surface area contributed by atoms with Crippen molar-refractivity contribution in [2.24, 2.45) is 0 Å². The van der Waals surface area contributed by atoms with Crippen LogP contribution >= 0.6 is 12.4 Å². The number of benzene rings is 3. The van der Waals surface area contributed by atoms with Gasteiger partial charge in [0, 0.05) is 17.7 Å². The van der Waals surface area contributed by atoms with E-state index < -0.39 is 46.8 Å². The Kier molecular flexibility index (Phi) is 9.83. The maximum absolute atomic E-state index is 14.1. The number of phenols is 2. The highest BCUT2D eigenvalue weighted by Crippen LogP contribution is 2.26. The zero-order chi connectivity index (χ0) is 28.3. The first-order valence-corrected chi connectivity index (χ1v) is 12.4. The summed E-state index contributed by atoms with van der Waals surface area (Å²) in [5.41, 5.74) is 0.767. The van der Waals surface area contributed by atoms with Crippen molar-refractivity contribution in [2.75, 3.05) is 13.1 Å². The number of carbonyl (C=O) groups excluding carboxylic acids is 3. The van der Waals surface area contributed by atoms with Crippen molar-refractivity contribution in [1.82, 2.24) is 10.6 Å². The maximum Gasteiger partial charge on any atom is 0.338 e. The third-order valence-electron chi connectivity index (χ3n) is 6.67. The van der Waals surface area contributed by atoms with Crippen LogP contribution in [0.25, 0.3) is 0 Å². The smallest absolute Gasteiger partial charge is 0.338 e. The fraction of sp³-hybridized carbons (Fsp3) is 0.276. The van der Waals surface area contributed by atoms with E-state index in [-0.39, 0.29) is 35.2 Å². The van der Waals surface area contributed by atoms with Crippen molar-refractivity contribution in [3.05, 3.63) is 93.5 Å². The lowest BCUT2D eigenvalue weighted by Crippen LogP contribution is -2.49. The normalized spacial score (nSPS) is 16.8. The molecular formula is C29H29ClF2N2O6. The minimum Gasteiger partial charge on any atom is -0.507 e. The monoisotopic (exact) mass is 574 g/mol. The molecule has 3 aromatic carbocycles. The van der Waals surface area contributed by atoms with Crippen molar-refractivity contribution in [3.63, 3.8) is 0 Å². The third-order valence-corrected chi connectivity index (χ3v) is 6.67. The Hall–Kier alpha value is -4.02. The van der Waals surface area contributed by atoms with Crippen LogP contribution in [0.1, 0.15) is 60.6 Å². The van der Waals surface area contributed by atoms with E-state index in [0.29, 0.717) is 48.7 Å². The second-order valence-corrected chi connectivity index (χ2v) is 9.49. The predicted octanol–water partition coefficient (Wildman–Crippen LogP) is 4.35. The van der Waals surface area contributed by atoms with Crippen LogP contribution in [-0.2, 0) is 4.74 Å². The Labute approximate surface area is 235 Å². The van der Waals surface area contributed by atoms with Crippen molar-refractivity contribution in [1.29, 1.82) is 0 Å². The summed E-state index contributed by atoms with van der Waals surface area (Å²) in [5.74, 6) is -5.30. The summed E-state index contributed by atoms with van der Waals surface area (Å²) >= 11 is 0. The molecule has 0 radical (unpaired) electrons. The molecule has 0 aliphatic carbocycles. The molecule has 8 nitrogen and oxygen atoms in total. The molecule has 11 heteroatoms. The molecule has 0 bridgehead atoms. The largest absolute Gasteiger partial charge is 0.507 e. The predicted molar refractivity (Wildman–Crippen MR) is 145 cm³/mol. The summed E-state index contributed by atoms with van der Waals surface area (Å²) < 4.78 is 33.4. The van der Waals surface area contributed by atoms with Gasteiger partial charge in [-0.25, -0.2) is 13.6 Å². The van der Waals surface area contributed by atoms with Gasteiger partial charge in [-0.1, -0.05) is 12.1 Å². The van der Waals surface area contributed by atoms with E-state index >= 15 is 0 Å². The minimum atomic E-state index is -1.46. The average molecular weight is 575 g/mol. The molecule has 1 aliphatic heterocycles. The van der Waals surface area contributed by atoms with Crippen LogP contribution in [0.3, 0.4) is 0 Å². The lowest BCUT2D eigenvalue weighted by molar-refractivity contribution is 0.0192. The van der Waals surface area contributed by atoms with Crippen LogP contribution in [0.4, 0.5) is 8.78 Å². The molecule has 0 unspecified atom stereocenters. The number of nitrogens with one attached hydrogen (secondary N) is 2. The van der Waals surface area contributed by atoms with Crippen LogP contribution in [0, 0.1) is 25.5 Å². The standard InChI is InChI=1S/C29H28F2N2O6.ClH/c1-15-12-19(13-16(2)26(15)35)28(37)33-21-14-32-11-3-4-23(21)39-29(38)18-7-5-17(6-8-18)27(36)24-22(34)10-9-20(30)25(24)31;/h5-10,12-13,21,23,32,34-35H,3-4,11,14H2,1-2H3,(H,33,37);1H/t21-,23-;/m1./s1. The lowest BCUT2D eigenvalue weighted by atomic mass is 10.0. The van der Waals surface area contributed by atoms with Gasteiger partial charge in [0.15, 0.2) is 17.4 Å². The number of amides is 1. The zero-order valence-corrected chi connectivity index (χ0v) is 22.6. The summed E-state index contributed by atoms with van der Waals surface area (Å²) in [6, 6.07) is 9.38. The van der Waals surface area contributed by atoms with E-state index in [9.17, 15) is 33.4 Å². The number of ketones is 1. The van der Waals surface area contributed by atoms with E-state index in [1.807, 2.05) is 0 Å². The molecule has 1 heterocycles. The topological polar surface area (TPSA) is 125 Å². The first kappa shape index (κ1) is 30.5. The molecule has 1 aliphatic rings. The molecule has 40 heavy (non-hydrogen) atoms. The molecular weight excluding hydrogens is 546 g/mol. The molecule has 0 spiro atoms. The van der Waals surface area contributed by atoms with Crippen molar-refractivity contribution < 1.29 is 38.1 Å². The van der Waals surface area contributed by atoms with Crippen molar-refractivity contribution in [3.8, 4) is 11.5 Å². The fourth-order valence-corrected chi connectivity index (χ4v) is 4.51. The Bertz CT molecular complexity index is 1410. The summed E-state index contributed by atoms with van der Waals surface area (Å²) in [7, 11) is 0. The van der Waals surface area contributed by atoms with Crippen LogP contribution in [0.15, 0.2) is 48.5 Å². The zero-order valence-electron chi connectivity index (χ0n) is 21.8. The summed E-state index contributed by atoms with van der Waals surface area (Å²) in [6.07, 6.45) is 0.555. The molecule has 4 rings (SSSR count). The minimum absolute atomic E-state index is 0. The number of ether oxygens (including phenoxy) is 1. The highest BCUT2D eigenvalue weighted by atomic mass is 35.5. The average Bonchev–Trinajstić information content (AvgIpc) is 3.14. The SMILES string of the molecule is Cc1cc(C(=O)N[C@@H]2CNCCC[C@H]2OC(=O)c2ccc(C(=O)c3c(O)ccc(F)c3F)cc2)cc(C)c1O.Cl. The Morgan fingerprint density at radius 2 is 1.57 bits per heavy atom. The number of aromatic hydroxyl groups is 2. The van der Waals surface area contributed by atoms with Crippen LogP contribution in [0.2, 0.25) is 0 Å².